The van der Waals surface area contributed by atoms with Crippen LogP contribution in [0, 0.1) is 0 Å². The predicted molar refractivity (Wildman–Crippen MR) is 119 cm³/mol. The number of hydrogen-bond donors (Lipinski definition) is 2. The van der Waals surface area contributed by atoms with Crippen LogP contribution in [-0.4, -0.2) is 40.8 Å². The van der Waals surface area contributed by atoms with Crippen molar-refractivity contribution in [1.82, 2.24) is 9.55 Å². The van der Waals surface area contributed by atoms with E-state index in [1.54, 1.807) is 43.1 Å². The fourth-order valence-corrected chi connectivity index (χ4v) is 3.79. The lowest BCUT2D eigenvalue weighted by atomic mass is 10.1. The Morgan fingerprint density at radius 2 is 2.03 bits per heavy atom. The molecule has 164 valence electrons. The Hall–Kier alpha value is -4.14. The zero-order valence-corrected chi connectivity index (χ0v) is 17.5. The summed E-state index contributed by atoms with van der Waals surface area (Å²) in [5.41, 5.74) is 2.29. The molecule has 0 saturated carbocycles. The van der Waals surface area contributed by atoms with Gasteiger partial charge in [0.2, 0.25) is 5.91 Å². The average molecular weight is 435 g/mol. The number of amides is 1. The molecule has 1 aliphatic rings. The number of carbonyl (C=O) groups excluding carboxylic acids is 1. The number of benzene rings is 2. The molecule has 1 aromatic heterocycles. The summed E-state index contributed by atoms with van der Waals surface area (Å²) in [6.07, 6.45) is 1.91. The van der Waals surface area contributed by atoms with Crippen LogP contribution in [0.3, 0.4) is 0 Å². The van der Waals surface area contributed by atoms with E-state index in [4.69, 9.17) is 14.6 Å². The lowest BCUT2D eigenvalue weighted by Gasteiger charge is -2.11. The second-order valence-corrected chi connectivity index (χ2v) is 7.25. The number of carboxylic acids is 1. The van der Waals surface area contributed by atoms with Gasteiger partial charge >= 0.3 is 5.97 Å². The molecular weight excluding hydrogens is 414 g/mol. The fourth-order valence-electron chi connectivity index (χ4n) is 3.79. The van der Waals surface area contributed by atoms with Gasteiger partial charge < -0.3 is 19.9 Å². The number of methoxy groups -OCH3 is 2. The van der Waals surface area contributed by atoms with E-state index in [1.807, 2.05) is 18.2 Å². The third-order valence-corrected chi connectivity index (χ3v) is 5.21. The van der Waals surface area contributed by atoms with Crippen LogP contribution in [0.4, 0.5) is 5.69 Å². The molecule has 1 aliphatic heterocycles. The van der Waals surface area contributed by atoms with Gasteiger partial charge in [0.05, 0.1) is 25.1 Å². The molecule has 0 bridgehead atoms. The van der Waals surface area contributed by atoms with E-state index < -0.39 is 18.3 Å². The predicted octanol–water partition coefficient (Wildman–Crippen LogP) is 2.77. The number of nitrogens with zero attached hydrogens (tertiary/aromatic N) is 2. The number of hydrogen-bond acceptors (Lipinski definition) is 6. The molecule has 4 rings (SSSR count). The molecule has 9 heteroatoms. The number of aromatic nitrogens is 2. The second kappa shape index (κ2) is 8.54. The fraction of sp³-hybridized carbons (Fsp3) is 0.217. The van der Waals surface area contributed by atoms with Crippen LogP contribution in [0.15, 0.2) is 41.2 Å². The van der Waals surface area contributed by atoms with Gasteiger partial charge in [-0.3, -0.25) is 19.0 Å². The molecule has 1 amide bonds. The Labute approximate surface area is 182 Å². The number of para-hydroxylation sites is 1. The van der Waals surface area contributed by atoms with Gasteiger partial charge in [0.25, 0.3) is 5.56 Å². The summed E-state index contributed by atoms with van der Waals surface area (Å²) < 4.78 is 12.5. The monoisotopic (exact) mass is 435 g/mol. The van der Waals surface area contributed by atoms with Crippen molar-refractivity contribution in [3.8, 4) is 11.5 Å². The SMILES string of the molecule is COc1cccc(C=C2CCn3c2nc2cc(NC(=O)CC(=O)O)ccc2c3=O)c1OC. The van der Waals surface area contributed by atoms with Crippen LogP contribution in [0.25, 0.3) is 22.6 Å². The van der Waals surface area contributed by atoms with E-state index in [-0.39, 0.29) is 5.56 Å². The number of anilines is 1. The number of carbonyl (C=O) groups is 2. The number of carboxylic acid groups (broad SMARTS) is 1. The van der Waals surface area contributed by atoms with E-state index in [1.165, 1.54) is 0 Å². The highest BCUT2D eigenvalue weighted by Gasteiger charge is 2.22. The maximum absolute atomic E-state index is 13.0. The zero-order valence-electron chi connectivity index (χ0n) is 17.5. The third-order valence-electron chi connectivity index (χ3n) is 5.21. The minimum absolute atomic E-state index is 0.172. The first-order valence-electron chi connectivity index (χ1n) is 9.89. The van der Waals surface area contributed by atoms with Crippen molar-refractivity contribution >= 4 is 40.1 Å². The summed E-state index contributed by atoms with van der Waals surface area (Å²) >= 11 is 0. The van der Waals surface area contributed by atoms with E-state index in [0.717, 1.165) is 11.1 Å². The Balaban J connectivity index is 1.77. The van der Waals surface area contributed by atoms with Gasteiger partial charge in [-0.1, -0.05) is 12.1 Å². The van der Waals surface area contributed by atoms with Crippen molar-refractivity contribution in [2.24, 2.45) is 0 Å². The first-order chi connectivity index (χ1) is 15.4. The number of fused-ring (bicyclic) bond motifs is 2. The molecule has 0 radical (unpaired) electrons. The van der Waals surface area contributed by atoms with E-state index >= 15 is 0 Å². The summed E-state index contributed by atoms with van der Waals surface area (Å²) in [6, 6.07) is 10.3. The highest BCUT2D eigenvalue weighted by Crippen LogP contribution is 2.35. The first-order valence-corrected chi connectivity index (χ1v) is 9.89. The van der Waals surface area contributed by atoms with Crippen molar-refractivity contribution in [2.45, 2.75) is 19.4 Å². The van der Waals surface area contributed by atoms with Crippen LogP contribution in [0.1, 0.15) is 24.2 Å². The minimum Gasteiger partial charge on any atom is -0.493 e. The number of ether oxygens (including phenoxy) is 2. The minimum atomic E-state index is -1.22. The van der Waals surface area contributed by atoms with Crippen molar-refractivity contribution in [3.63, 3.8) is 0 Å². The van der Waals surface area contributed by atoms with E-state index in [0.29, 0.717) is 46.9 Å². The average Bonchev–Trinajstić information content (AvgIpc) is 3.15. The summed E-state index contributed by atoms with van der Waals surface area (Å²) in [6.45, 7) is 0.506. The quantitative estimate of drug-likeness (QED) is 0.571. The van der Waals surface area contributed by atoms with E-state index in [9.17, 15) is 14.4 Å². The maximum atomic E-state index is 13.0. The molecule has 0 saturated heterocycles. The summed E-state index contributed by atoms with van der Waals surface area (Å²) in [4.78, 5) is 40.2. The second-order valence-electron chi connectivity index (χ2n) is 7.25. The number of aliphatic carboxylic acids is 1. The lowest BCUT2D eigenvalue weighted by molar-refractivity contribution is -0.139. The molecule has 0 atom stereocenters. The van der Waals surface area contributed by atoms with Crippen LogP contribution < -0.4 is 20.3 Å². The van der Waals surface area contributed by atoms with Gasteiger partial charge in [-0.25, -0.2) is 4.98 Å². The highest BCUT2D eigenvalue weighted by atomic mass is 16.5. The Bertz CT molecular complexity index is 1330. The van der Waals surface area contributed by atoms with Crippen LogP contribution in [0.5, 0.6) is 11.5 Å². The highest BCUT2D eigenvalue weighted by molar-refractivity contribution is 6.02. The van der Waals surface area contributed by atoms with Crippen molar-refractivity contribution in [2.75, 3.05) is 19.5 Å². The molecule has 2 heterocycles. The molecule has 0 unspecified atom stereocenters. The molecule has 32 heavy (non-hydrogen) atoms. The van der Waals surface area contributed by atoms with Gasteiger partial charge in [0.1, 0.15) is 12.2 Å². The van der Waals surface area contributed by atoms with Gasteiger partial charge in [0, 0.05) is 17.8 Å². The van der Waals surface area contributed by atoms with E-state index in [2.05, 4.69) is 10.3 Å². The molecule has 0 spiro atoms. The molecular formula is C23H21N3O6. The normalized spacial score (nSPS) is 13.8. The van der Waals surface area contributed by atoms with Crippen LogP contribution in [-0.2, 0) is 16.1 Å². The number of rotatable bonds is 6. The Morgan fingerprint density at radius 3 is 2.75 bits per heavy atom. The Morgan fingerprint density at radius 1 is 1.22 bits per heavy atom. The molecule has 0 fully saturated rings. The molecule has 9 nitrogen and oxygen atoms in total. The standard InChI is InChI=1S/C23H21N3O6/c1-31-18-5-3-4-13(21(18)32-2)10-14-8-9-26-22(14)25-17-11-15(6-7-16(17)23(26)30)24-19(27)12-20(28)29/h3-7,10-11H,8-9,12H2,1-2H3,(H,24,27)(H,28,29). The van der Waals surface area contributed by atoms with Crippen molar-refractivity contribution in [3.05, 3.63) is 58.1 Å². The summed E-state index contributed by atoms with van der Waals surface area (Å²) in [7, 11) is 3.14. The van der Waals surface area contributed by atoms with Crippen molar-refractivity contribution < 1.29 is 24.2 Å². The topological polar surface area (TPSA) is 120 Å². The molecule has 0 aliphatic carbocycles. The number of allylic oxidation sites excluding steroid dienone is 1. The largest absolute Gasteiger partial charge is 0.493 e. The lowest BCUT2D eigenvalue weighted by Crippen LogP contribution is -2.21. The summed E-state index contributed by atoms with van der Waals surface area (Å²) in [5.74, 6) is -0.139. The van der Waals surface area contributed by atoms with Gasteiger partial charge in [0.15, 0.2) is 11.5 Å². The Kier molecular flexibility index (Phi) is 5.63. The maximum Gasteiger partial charge on any atom is 0.312 e. The van der Waals surface area contributed by atoms with Crippen molar-refractivity contribution in [1.29, 1.82) is 0 Å². The smallest absolute Gasteiger partial charge is 0.312 e. The zero-order chi connectivity index (χ0) is 22.8. The van der Waals surface area contributed by atoms with Crippen LogP contribution in [0.2, 0.25) is 0 Å². The molecule has 2 N–H and O–H groups in total. The summed E-state index contributed by atoms with van der Waals surface area (Å²) in [5, 5.41) is 11.7. The number of nitrogens with one attached hydrogen (secondary N) is 1. The van der Waals surface area contributed by atoms with Gasteiger partial charge in [-0.05, 0) is 42.3 Å². The third kappa shape index (κ3) is 3.92. The molecule has 2 aromatic carbocycles. The molecule has 3 aromatic rings. The van der Waals surface area contributed by atoms with Crippen LogP contribution >= 0.6 is 0 Å². The van der Waals surface area contributed by atoms with Gasteiger partial charge in [-0.15, -0.1) is 0 Å². The first kappa shape index (κ1) is 21.1. The van der Waals surface area contributed by atoms with Gasteiger partial charge in [-0.2, -0.15) is 0 Å².